The first-order valence-corrected chi connectivity index (χ1v) is 11.3. The number of aromatic nitrogens is 4. The number of carbonyl (C=O) groups excluding carboxylic acids is 1. The normalized spacial score (nSPS) is 11.2. The van der Waals surface area contributed by atoms with Gasteiger partial charge in [0.15, 0.2) is 11.0 Å². The number of nitrogens with one attached hydrogen (secondary N) is 1. The Bertz CT molecular complexity index is 1210. The van der Waals surface area contributed by atoms with Crippen molar-refractivity contribution < 1.29 is 4.79 Å². The van der Waals surface area contributed by atoms with Crippen molar-refractivity contribution >= 4 is 50.6 Å². The number of fused-ring (bicyclic) bond motifs is 1. The second-order valence-electron chi connectivity index (χ2n) is 6.96. The number of nitrogens with zero attached hydrogens (tertiary/aromatic N) is 4. The molecule has 0 aliphatic carbocycles. The third-order valence-electron chi connectivity index (χ3n) is 4.58. The van der Waals surface area contributed by atoms with Gasteiger partial charge >= 0.3 is 0 Å². The standard InChI is InChI=1S/C21H22N6OS2/c1-4-27-19(18-17(22)15-6-5-7-23-20(15)30-18)25-26-21(27)29-11-16(28)24-14-9-12(2)8-13(3)10-14/h5-10H,4,11,22H2,1-3H3,(H,24,28). The Kier molecular flexibility index (Phi) is 5.74. The molecule has 0 atom stereocenters. The molecule has 1 amide bonds. The van der Waals surface area contributed by atoms with Crippen LogP contribution in [-0.4, -0.2) is 31.4 Å². The van der Waals surface area contributed by atoms with E-state index < -0.39 is 0 Å². The van der Waals surface area contributed by atoms with Crippen molar-refractivity contribution in [2.45, 2.75) is 32.5 Å². The monoisotopic (exact) mass is 438 g/mol. The molecule has 4 rings (SSSR count). The number of rotatable bonds is 6. The molecule has 0 aliphatic rings. The van der Waals surface area contributed by atoms with Gasteiger partial charge in [-0.1, -0.05) is 17.8 Å². The SMILES string of the molecule is CCn1c(SCC(=O)Nc2cc(C)cc(C)c2)nnc1-c1sc2ncccc2c1N. The van der Waals surface area contributed by atoms with Gasteiger partial charge in [0, 0.05) is 23.8 Å². The Morgan fingerprint density at radius 3 is 2.70 bits per heavy atom. The fourth-order valence-electron chi connectivity index (χ4n) is 3.34. The maximum Gasteiger partial charge on any atom is 0.234 e. The molecule has 1 aromatic carbocycles. The van der Waals surface area contributed by atoms with Crippen LogP contribution in [0.5, 0.6) is 0 Å². The van der Waals surface area contributed by atoms with Crippen molar-refractivity contribution in [1.82, 2.24) is 19.7 Å². The maximum atomic E-state index is 12.4. The topological polar surface area (TPSA) is 98.7 Å². The Morgan fingerprint density at radius 1 is 1.23 bits per heavy atom. The minimum absolute atomic E-state index is 0.0808. The molecular weight excluding hydrogens is 416 g/mol. The Morgan fingerprint density at radius 2 is 2.00 bits per heavy atom. The van der Waals surface area contributed by atoms with Crippen molar-refractivity contribution in [3.05, 3.63) is 47.7 Å². The predicted octanol–water partition coefficient (Wildman–Crippen LogP) is 4.50. The van der Waals surface area contributed by atoms with Crippen molar-refractivity contribution in [3.63, 3.8) is 0 Å². The summed E-state index contributed by atoms with van der Waals surface area (Å²) in [4.78, 5) is 18.6. The largest absolute Gasteiger partial charge is 0.397 e. The molecule has 0 unspecified atom stereocenters. The number of thioether (sulfide) groups is 1. The van der Waals surface area contributed by atoms with Gasteiger partial charge in [-0.15, -0.1) is 21.5 Å². The molecule has 9 heteroatoms. The van der Waals surface area contributed by atoms with Crippen LogP contribution in [0, 0.1) is 13.8 Å². The van der Waals surface area contributed by atoms with Gasteiger partial charge in [0.05, 0.1) is 16.3 Å². The highest BCUT2D eigenvalue weighted by molar-refractivity contribution is 7.99. The molecule has 154 valence electrons. The lowest BCUT2D eigenvalue weighted by atomic mass is 10.1. The summed E-state index contributed by atoms with van der Waals surface area (Å²) in [6, 6.07) is 9.82. The fourth-order valence-corrected chi connectivity index (χ4v) is 5.20. The molecule has 0 saturated carbocycles. The number of amides is 1. The van der Waals surface area contributed by atoms with Crippen LogP contribution in [0.15, 0.2) is 41.7 Å². The van der Waals surface area contributed by atoms with Crippen molar-refractivity contribution in [1.29, 1.82) is 0 Å². The highest BCUT2D eigenvalue weighted by Crippen LogP contribution is 2.39. The second-order valence-corrected chi connectivity index (χ2v) is 8.91. The van der Waals surface area contributed by atoms with Crippen LogP contribution in [0.25, 0.3) is 20.9 Å². The molecule has 0 fully saturated rings. The Balaban J connectivity index is 1.52. The van der Waals surface area contributed by atoms with E-state index in [0.29, 0.717) is 23.2 Å². The van der Waals surface area contributed by atoms with E-state index in [1.807, 2.05) is 49.6 Å². The summed E-state index contributed by atoms with van der Waals surface area (Å²) in [5.41, 5.74) is 10.1. The number of anilines is 2. The predicted molar refractivity (Wildman–Crippen MR) is 124 cm³/mol. The first-order chi connectivity index (χ1) is 14.5. The number of nitrogens with two attached hydrogens (primary N) is 1. The minimum atomic E-state index is -0.0808. The molecule has 3 heterocycles. The molecule has 30 heavy (non-hydrogen) atoms. The van der Waals surface area contributed by atoms with Crippen LogP contribution in [0.3, 0.4) is 0 Å². The van der Waals surface area contributed by atoms with Crippen molar-refractivity contribution in [3.8, 4) is 10.7 Å². The van der Waals surface area contributed by atoms with Gasteiger partial charge < -0.3 is 15.6 Å². The van der Waals surface area contributed by atoms with E-state index in [0.717, 1.165) is 31.9 Å². The second kappa shape index (κ2) is 8.45. The smallest absolute Gasteiger partial charge is 0.234 e. The number of hydrogen-bond acceptors (Lipinski definition) is 7. The average Bonchev–Trinajstić information content (AvgIpc) is 3.26. The summed E-state index contributed by atoms with van der Waals surface area (Å²) in [5.74, 6) is 0.868. The first-order valence-electron chi connectivity index (χ1n) is 9.53. The lowest BCUT2D eigenvalue weighted by Crippen LogP contribution is -2.15. The van der Waals surface area contributed by atoms with Gasteiger partial charge in [-0.25, -0.2) is 4.98 Å². The van der Waals surface area contributed by atoms with Crippen molar-refractivity contribution in [2.75, 3.05) is 16.8 Å². The lowest BCUT2D eigenvalue weighted by molar-refractivity contribution is -0.113. The molecular formula is C21H22N6OS2. The van der Waals surface area contributed by atoms with Crippen LogP contribution < -0.4 is 11.1 Å². The third-order valence-corrected chi connectivity index (χ3v) is 6.67. The van der Waals surface area contributed by atoms with Crippen LogP contribution >= 0.6 is 23.1 Å². The zero-order valence-electron chi connectivity index (χ0n) is 17.0. The van der Waals surface area contributed by atoms with Gasteiger partial charge in [0.1, 0.15) is 4.83 Å². The molecule has 7 nitrogen and oxygen atoms in total. The average molecular weight is 439 g/mol. The number of nitrogen functional groups attached to an aromatic ring is 1. The molecule has 0 radical (unpaired) electrons. The summed E-state index contributed by atoms with van der Waals surface area (Å²) >= 11 is 2.86. The van der Waals surface area contributed by atoms with E-state index in [-0.39, 0.29) is 11.7 Å². The molecule has 0 saturated heterocycles. The van der Waals surface area contributed by atoms with Gasteiger partial charge in [-0.3, -0.25) is 4.79 Å². The summed E-state index contributed by atoms with van der Waals surface area (Å²) in [6.07, 6.45) is 1.75. The molecule has 3 aromatic heterocycles. The Hall–Kier alpha value is -2.91. The molecule has 0 spiro atoms. The quantitative estimate of drug-likeness (QED) is 0.430. The number of benzene rings is 1. The molecule has 0 bridgehead atoms. The first kappa shape index (κ1) is 20.4. The maximum absolute atomic E-state index is 12.4. The Labute approximate surface area is 182 Å². The van der Waals surface area contributed by atoms with E-state index in [4.69, 9.17) is 5.73 Å². The van der Waals surface area contributed by atoms with E-state index in [1.54, 1.807) is 6.20 Å². The zero-order valence-corrected chi connectivity index (χ0v) is 18.6. The fraction of sp³-hybridized carbons (Fsp3) is 0.238. The summed E-state index contributed by atoms with van der Waals surface area (Å²) in [7, 11) is 0. The number of pyridine rings is 1. The van der Waals surface area contributed by atoms with E-state index in [1.165, 1.54) is 23.1 Å². The summed E-state index contributed by atoms with van der Waals surface area (Å²) in [6.45, 7) is 6.72. The highest BCUT2D eigenvalue weighted by Gasteiger charge is 2.20. The molecule has 0 aliphatic heterocycles. The molecule has 4 aromatic rings. The van der Waals surface area contributed by atoms with Crippen LogP contribution in [0.2, 0.25) is 0 Å². The number of hydrogen-bond donors (Lipinski definition) is 2. The zero-order chi connectivity index (χ0) is 21.3. The van der Waals surface area contributed by atoms with Crippen molar-refractivity contribution in [2.24, 2.45) is 0 Å². The minimum Gasteiger partial charge on any atom is -0.397 e. The molecule has 3 N–H and O–H groups in total. The van der Waals surface area contributed by atoms with Crippen LogP contribution in [0.4, 0.5) is 11.4 Å². The number of thiophene rings is 1. The number of carbonyl (C=O) groups is 1. The van der Waals surface area contributed by atoms with Gasteiger partial charge in [-0.05, 0) is 56.2 Å². The van der Waals surface area contributed by atoms with E-state index in [9.17, 15) is 4.79 Å². The van der Waals surface area contributed by atoms with Gasteiger partial charge in [0.25, 0.3) is 0 Å². The summed E-state index contributed by atoms with van der Waals surface area (Å²) < 4.78 is 1.98. The van der Waals surface area contributed by atoms with Gasteiger partial charge in [-0.2, -0.15) is 0 Å². The lowest BCUT2D eigenvalue weighted by Gasteiger charge is -2.08. The third kappa shape index (κ3) is 4.03. The van der Waals surface area contributed by atoms with E-state index >= 15 is 0 Å². The summed E-state index contributed by atoms with van der Waals surface area (Å²) in [5, 5.41) is 13.2. The van der Waals surface area contributed by atoms with Gasteiger partial charge in [0.2, 0.25) is 5.91 Å². The number of aryl methyl sites for hydroxylation is 2. The van der Waals surface area contributed by atoms with Crippen LogP contribution in [0.1, 0.15) is 18.1 Å². The highest BCUT2D eigenvalue weighted by atomic mass is 32.2. The van der Waals surface area contributed by atoms with E-state index in [2.05, 4.69) is 26.6 Å². The van der Waals surface area contributed by atoms with Crippen LogP contribution in [-0.2, 0) is 11.3 Å².